The second-order valence-electron chi connectivity index (χ2n) is 13.5. The fraction of sp³-hybridized carbons (Fsp3) is 0. The van der Waals surface area contributed by atoms with Crippen LogP contribution in [0.4, 0.5) is 34.1 Å². The molecule has 2 heteroatoms. The first-order chi connectivity index (χ1) is 26.7. The Kier molecular flexibility index (Phi) is 8.99. The molecule has 0 N–H and O–H groups in total. The molecule has 0 radical (unpaired) electrons. The molecule has 0 fully saturated rings. The number of para-hydroxylation sites is 2. The van der Waals surface area contributed by atoms with Crippen molar-refractivity contribution in [3.8, 4) is 11.1 Å². The molecular weight excluding hydrogens is 653 g/mol. The van der Waals surface area contributed by atoms with Gasteiger partial charge in [0, 0.05) is 34.1 Å². The fourth-order valence-electron chi connectivity index (χ4n) is 7.20. The molecule has 0 heterocycles. The van der Waals surface area contributed by atoms with Crippen LogP contribution in [-0.4, -0.2) is 0 Å². The number of hydrogen-bond acceptors (Lipinski definition) is 2. The average molecular weight is 691 g/mol. The highest BCUT2D eigenvalue weighted by atomic mass is 15.1. The molecule has 2 nitrogen and oxygen atoms in total. The zero-order valence-corrected chi connectivity index (χ0v) is 29.8. The molecule has 0 aliphatic carbocycles. The lowest BCUT2D eigenvalue weighted by atomic mass is 10.0. The van der Waals surface area contributed by atoms with Crippen LogP contribution >= 0.6 is 0 Å². The third-order valence-electron chi connectivity index (χ3n) is 10.0. The van der Waals surface area contributed by atoms with E-state index in [1.165, 1.54) is 32.7 Å². The number of rotatable bonds is 9. The van der Waals surface area contributed by atoms with E-state index < -0.39 is 0 Å². The number of hydrogen-bond donors (Lipinski definition) is 0. The minimum absolute atomic E-state index is 1.11. The lowest BCUT2D eigenvalue weighted by Gasteiger charge is -2.26. The Morgan fingerprint density at radius 1 is 0.241 bits per heavy atom. The summed E-state index contributed by atoms with van der Waals surface area (Å²) in [5.74, 6) is 0. The predicted molar refractivity (Wildman–Crippen MR) is 232 cm³/mol. The quantitative estimate of drug-likeness (QED) is 0.139. The van der Waals surface area contributed by atoms with Crippen molar-refractivity contribution in [3.63, 3.8) is 0 Å². The van der Waals surface area contributed by atoms with Gasteiger partial charge < -0.3 is 9.80 Å². The van der Waals surface area contributed by atoms with Gasteiger partial charge in [0.2, 0.25) is 0 Å². The maximum atomic E-state index is 2.35. The van der Waals surface area contributed by atoms with Gasteiger partial charge in [0.25, 0.3) is 0 Å². The Bertz CT molecular complexity index is 2560. The summed E-state index contributed by atoms with van der Waals surface area (Å²) < 4.78 is 0. The van der Waals surface area contributed by atoms with Crippen molar-refractivity contribution in [2.45, 2.75) is 0 Å². The van der Waals surface area contributed by atoms with Gasteiger partial charge in [-0.2, -0.15) is 0 Å². The van der Waals surface area contributed by atoms with Crippen LogP contribution in [-0.2, 0) is 0 Å². The lowest BCUT2D eigenvalue weighted by molar-refractivity contribution is 1.28. The zero-order valence-electron chi connectivity index (χ0n) is 29.8. The van der Waals surface area contributed by atoms with Gasteiger partial charge in [-0.25, -0.2) is 0 Å². The van der Waals surface area contributed by atoms with Crippen molar-refractivity contribution in [3.05, 3.63) is 230 Å². The van der Waals surface area contributed by atoms with Gasteiger partial charge in [-0.15, -0.1) is 0 Å². The minimum Gasteiger partial charge on any atom is -0.311 e. The number of nitrogens with zero attached hydrogens (tertiary/aromatic N) is 2. The van der Waals surface area contributed by atoms with Crippen LogP contribution in [0.3, 0.4) is 0 Å². The van der Waals surface area contributed by atoms with E-state index in [4.69, 9.17) is 0 Å². The van der Waals surface area contributed by atoms with Crippen LogP contribution < -0.4 is 9.80 Å². The van der Waals surface area contributed by atoms with Gasteiger partial charge in [-0.05, 0) is 117 Å². The summed E-state index contributed by atoms with van der Waals surface area (Å²) in [4.78, 5) is 4.63. The second-order valence-corrected chi connectivity index (χ2v) is 13.5. The van der Waals surface area contributed by atoms with Crippen LogP contribution in [0.5, 0.6) is 0 Å². The van der Waals surface area contributed by atoms with Gasteiger partial charge >= 0.3 is 0 Å². The van der Waals surface area contributed by atoms with Gasteiger partial charge in [-0.1, -0.05) is 158 Å². The van der Waals surface area contributed by atoms with E-state index in [1.54, 1.807) is 0 Å². The fourth-order valence-corrected chi connectivity index (χ4v) is 7.20. The molecular formula is C52H38N2. The minimum atomic E-state index is 1.11. The molecule has 0 amide bonds. The van der Waals surface area contributed by atoms with Crippen molar-refractivity contribution in [1.82, 2.24) is 0 Å². The van der Waals surface area contributed by atoms with Gasteiger partial charge in [0.15, 0.2) is 0 Å². The first-order valence-corrected chi connectivity index (χ1v) is 18.4. The Balaban J connectivity index is 0.943. The van der Waals surface area contributed by atoms with E-state index in [1.807, 2.05) is 0 Å². The summed E-state index contributed by atoms with van der Waals surface area (Å²) in [6.07, 6.45) is 4.37. The Labute approximate surface area is 317 Å². The summed E-state index contributed by atoms with van der Waals surface area (Å²) in [7, 11) is 0. The van der Waals surface area contributed by atoms with E-state index in [0.717, 1.165) is 45.3 Å². The van der Waals surface area contributed by atoms with Crippen molar-refractivity contribution in [1.29, 1.82) is 0 Å². The monoisotopic (exact) mass is 690 g/mol. The first kappa shape index (κ1) is 32.7. The molecule has 0 spiro atoms. The normalized spacial score (nSPS) is 11.3. The maximum absolute atomic E-state index is 2.35. The highest BCUT2D eigenvalue weighted by Gasteiger charge is 2.14. The molecule has 0 saturated carbocycles. The molecule has 9 aromatic carbocycles. The van der Waals surface area contributed by atoms with Crippen molar-refractivity contribution in [2.24, 2.45) is 0 Å². The number of benzene rings is 9. The van der Waals surface area contributed by atoms with Crippen molar-refractivity contribution < 1.29 is 0 Å². The summed E-state index contributed by atoms with van der Waals surface area (Å²) in [5.41, 5.74) is 11.5. The zero-order chi connectivity index (χ0) is 36.1. The second kappa shape index (κ2) is 14.8. The molecule has 0 aliphatic rings. The third-order valence-corrected chi connectivity index (χ3v) is 10.0. The van der Waals surface area contributed by atoms with Crippen LogP contribution in [0.1, 0.15) is 11.1 Å². The Morgan fingerprint density at radius 3 is 1.02 bits per heavy atom. The maximum Gasteiger partial charge on any atom is 0.0468 e. The SMILES string of the molecule is C(=C/c1ccc(N(c2ccc3ccccc3c2)c2ccc3ccccc3c2)cc1)/c1ccc(-c2ccc(N(c3ccccc3)c3ccccc3)cc2)cc1. The molecule has 0 aromatic heterocycles. The smallest absolute Gasteiger partial charge is 0.0468 e. The molecule has 54 heavy (non-hydrogen) atoms. The van der Waals surface area contributed by atoms with Crippen LogP contribution in [0, 0.1) is 0 Å². The van der Waals surface area contributed by atoms with Gasteiger partial charge in [0.1, 0.15) is 0 Å². The molecule has 0 unspecified atom stereocenters. The molecule has 9 rings (SSSR count). The van der Waals surface area contributed by atoms with Crippen LogP contribution in [0.2, 0.25) is 0 Å². The van der Waals surface area contributed by atoms with E-state index in [2.05, 4.69) is 240 Å². The summed E-state index contributed by atoms with van der Waals surface area (Å²) in [5, 5.41) is 4.92. The van der Waals surface area contributed by atoms with Crippen LogP contribution in [0.25, 0.3) is 44.8 Å². The molecule has 256 valence electrons. The number of fused-ring (bicyclic) bond motifs is 2. The highest BCUT2D eigenvalue weighted by molar-refractivity contribution is 5.92. The standard InChI is InChI=1S/C52H38N2/c1-3-15-47(16-4-1)53(48-17-5-2-6-18-48)50-33-27-44(28-34-50)43-25-21-39(22-26-43)19-20-40-23-31-49(32-24-40)54(51-35-29-41-11-7-9-13-45(41)37-51)52-36-30-42-12-8-10-14-46(42)38-52/h1-38H/b20-19-. The molecule has 9 aromatic rings. The topological polar surface area (TPSA) is 6.48 Å². The van der Waals surface area contributed by atoms with Gasteiger partial charge in [0.05, 0.1) is 0 Å². The average Bonchev–Trinajstić information content (AvgIpc) is 3.25. The molecule has 0 atom stereocenters. The predicted octanol–water partition coefficient (Wildman–Crippen LogP) is 14.8. The van der Waals surface area contributed by atoms with E-state index in [9.17, 15) is 0 Å². The van der Waals surface area contributed by atoms with Crippen molar-refractivity contribution in [2.75, 3.05) is 9.80 Å². The molecule has 0 aliphatic heterocycles. The largest absolute Gasteiger partial charge is 0.311 e. The van der Waals surface area contributed by atoms with E-state index in [-0.39, 0.29) is 0 Å². The van der Waals surface area contributed by atoms with E-state index >= 15 is 0 Å². The van der Waals surface area contributed by atoms with Crippen LogP contribution in [0.15, 0.2) is 218 Å². The summed E-state index contributed by atoms with van der Waals surface area (Å²) in [6, 6.07) is 78.0. The Morgan fingerprint density at radius 2 is 0.556 bits per heavy atom. The van der Waals surface area contributed by atoms with E-state index in [0.29, 0.717) is 0 Å². The molecule has 0 saturated heterocycles. The van der Waals surface area contributed by atoms with Crippen molar-refractivity contribution >= 4 is 67.8 Å². The first-order valence-electron chi connectivity index (χ1n) is 18.4. The van der Waals surface area contributed by atoms with Gasteiger partial charge in [-0.3, -0.25) is 0 Å². The summed E-state index contributed by atoms with van der Waals surface area (Å²) >= 11 is 0. The lowest BCUT2D eigenvalue weighted by Crippen LogP contribution is -2.09. The molecule has 0 bridgehead atoms. The number of anilines is 6. The summed E-state index contributed by atoms with van der Waals surface area (Å²) in [6.45, 7) is 0. The Hall–Kier alpha value is -7.16. The highest BCUT2D eigenvalue weighted by Crippen LogP contribution is 2.38. The third kappa shape index (κ3) is 6.89.